The smallest absolute Gasteiger partial charge is 0.0145 e. The van der Waals surface area contributed by atoms with E-state index >= 15 is 0 Å². The van der Waals surface area contributed by atoms with E-state index < -0.39 is 0 Å². The average molecular weight is 162 g/mol. The minimum Gasteiger partial charge on any atom is -0.0843 e. The summed E-state index contributed by atoms with van der Waals surface area (Å²) in [5.74, 6) is 3.98. The predicted molar refractivity (Wildman–Crippen MR) is 50.7 cm³/mol. The number of hydrogen-bond donors (Lipinski definition) is 0. The fourth-order valence-electron chi connectivity index (χ4n) is 4.26. The molecule has 2 saturated carbocycles. The Morgan fingerprint density at radius 3 is 2.00 bits per heavy atom. The molecule has 4 unspecified atom stereocenters. The molecule has 4 atom stereocenters. The van der Waals surface area contributed by atoms with Crippen molar-refractivity contribution in [3.05, 3.63) is 12.2 Å². The topological polar surface area (TPSA) is 0 Å². The number of rotatable bonds is 0. The number of allylic oxidation sites excluding steroid dienone is 2. The first kappa shape index (κ1) is 7.17. The van der Waals surface area contributed by atoms with Gasteiger partial charge in [-0.3, -0.25) is 0 Å². The van der Waals surface area contributed by atoms with E-state index in [1.54, 1.807) is 0 Å². The van der Waals surface area contributed by atoms with Crippen molar-refractivity contribution >= 4 is 0 Å². The van der Waals surface area contributed by atoms with Crippen LogP contribution in [0.1, 0.15) is 33.1 Å². The van der Waals surface area contributed by atoms with E-state index in [1.165, 1.54) is 19.3 Å². The minimum absolute atomic E-state index is 0.607. The van der Waals surface area contributed by atoms with Crippen molar-refractivity contribution in [1.29, 1.82) is 0 Å². The molecule has 0 aromatic heterocycles. The quantitative estimate of drug-likeness (QED) is 0.480. The van der Waals surface area contributed by atoms with Crippen LogP contribution in [0.5, 0.6) is 0 Å². The highest BCUT2D eigenvalue weighted by Crippen LogP contribution is 2.64. The standard InChI is InChI=1S/C12H18/c1-12(2)10-6-7-11(12)9-5-3-4-8(9)10/h6-11H,3-5H2,1-2H3. The van der Waals surface area contributed by atoms with Crippen molar-refractivity contribution in [2.45, 2.75) is 33.1 Å². The SMILES string of the molecule is CC1(C)C2C=CC1C1CCCC12. The Kier molecular flexibility index (Phi) is 1.18. The largest absolute Gasteiger partial charge is 0.0843 e. The van der Waals surface area contributed by atoms with Gasteiger partial charge in [0.2, 0.25) is 0 Å². The van der Waals surface area contributed by atoms with Gasteiger partial charge in [0, 0.05) is 0 Å². The highest BCUT2D eigenvalue weighted by Gasteiger charge is 2.57. The molecule has 0 radical (unpaired) electrons. The first-order valence-corrected chi connectivity index (χ1v) is 5.39. The molecule has 0 nitrogen and oxygen atoms in total. The zero-order valence-electron chi connectivity index (χ0n) is 8.09. The first-order valence-electron chi connectivity index (χ1n) is 5.39. The molecule has 2 bridgehead atoms. The first-order chi connectivity index (χ1) is 5.71. The molecule has 2 fully saturated rings. The maximum Gasteiger partial charge on any atom is -0.0145 e. The fraction of sp³-hybridized carbons (Fsp3) is 0.833. The van der Waals surface area contributed by atoms with Gasteiger partial charge in [-0.05, 0) is 41.9 Å². The maximum absolute atomic E-state index is 2.51. The van der Waals surface area contributed by atoms with Crippen molar-refractivity contribution in [3.8, 4) is 0 Å². The summed E-state index contributed by atoms with van der Waals surface area (Å²) in [5, 5.41) is 0. The highest BCUT2D eigenvalue weighted by molar-refractivity contribution is 5.22. The van der Waals surface area contributed by atoms with Crippen LogP contribution in [0, 0.1) is 29.1 Å². The molecule has 0 saturated heterocycles. The van der Waals surface area contributed by atoms with E-state index in [1.807, 2.05) is 0 Å². The maximum atomic E-state index is 2.51. The lowest BCUT2D eigenvalue weighted by Crippen LogP contribution is -2.20. The van der Waals surface area contributed by atoms with Crippen LogP contribution in [-0.2, 0) is 0 Å². The van der Waals surface area contributed by atoms with Crippen LogP contribution in [0.15, 0.2) is 12.2 Å². The summed E-state index contributed by atoms with van der Waals surface area (Å²) in [7, 11) is 0. The molecule has 0 aromatic rings. The van der Waals surface area contributed by atoms with Gasteiger partial charge in [-0.2, -0.15) is 0 Å². The average Bonchev–Trinajstić information content (AvgIpc) is 2.60. The summed E-state index contributed by atoms with van der Waals surface area (Å²) < 4.78 is 0. The molecule has 0 spiro atoms. The molecule has 0 amide bonds. The second-order valence-electron chi connectivity index (χ2n) is 5.52. The summed E-state index contributed by atoms with van der Waals surface area (Å²) in [6.45, 7) is 4.95. The third-order valence-electron chi connectivity index (χ3n) is 4.79. The predicted octanol–water partition coefficient (Wildman–Crippen LogP) is 3.24. The van der Waals surface area contributed by atoms with Crippen LogP contribution in [0.3, 0.4) is 0 Å². The summed E-state index contributed by atoms with van der Waals surface area (Å²) >= 11 is 0. The zero-order valence-corrected chi connectivity index (χ0v) is 8.09. The normalized spacial score (nSPS) is 53.2. The molecular formula is C12H18. The van der Waals surface area contributed by atoms with Crippen LogP contribution in [0.4, 0.5) is 0 Å². The fourth-order valence-corrected chi connectivity index (χ4v) is 4.26. The second-order valence-corrected chi connectivity index (χ2v) is 5.52. The van der Waals surface area contributed by atoms with E-state index in [9.17, 15) is 0 Å². The van der Waals surface area contributed by atoms with Gasteiger partial charge in [-0.1, -0.05) is 32.4 Å². The van der Waals surface area contributed by atoms with Gasteiger partial charge < -0.3 is 0 Å². The van der Waals surface area contributed by atoms with E-state index in [0.29, 0.717) is 5.41 Å². The van der Waals surface area contributed by atoms with E-state index in [-0.39, 0.29) is 0 Å². The van der Waals surface area contributed by atoms with Crippen molar-refractivity contribution in [3.63, 3.8) is 0 Å². The van der Waals surface area contributed by atoms with Crippen molar-refractivity contribution in [2.24, 2.45) is 29.1 Å². The molecule has 12 heavy (non-hydrogen) atoms. The molecule has 0 N–H and O–H groups in total. The Balaban J connectivity index is 2.04. The summed E-state index contributed by atoms with van der Waals surface area (Å²) in [4.78, 5) is 0. The van der Waals surface area contributed by atoms with E-state index in [2.05, 4.69) is 26.0 Å². The van der Waals surface area contributed by atoms with Gasteiger partial charge in [0.05, 0.1) is 0 Å². The van der Waals surface area contributed by atoms with Crippen molar-refractivity contribution in [2.75, 3.05) is 0 Å². The molecular weight excluding hydrogens is 144 g/mol. The van der Waals surface area contributed by atoms with Crippen LogP contribution in [0.2, 0.25) is 0 Å². The summed E-state index contributed by atoms with van der Waals surface area (Å²) in [6, 6.07) is 0. The van der Waals surface area contributed by atoms with Gasteiger partial charge in [-0.15, -0.1) is 0 Å². The van der Waals surface area contributed by atoms with E-state index in [0.717, 1.165) is 23.7 Å². The lowest BCUT2D eigenvalue weighted by Gasteiger charge is -2.26. The lowest BCUT2D eigenvalue weighted by atomic mass is 9.78. The lowest BCUT2D eigenvalue weighted by molar-refractivity contribution is 0.244. The zero-order chi connectivity index (χ0) is 8.34. The highest BCUT2D eigenvalue weighted by atomic mass is 14.6. The van der Waals surface area contributed by atoms with Crippen molar-refractivity contribution in [1.82, 2.24) is 0 Å². The van der Waals surface area contributed by atoms with Crippen LogP contribution in [0.25, 0.3) is 0 Å². The number of hydrogen-bond acceptors (Lipinski definition) is 0. The molecule has 0 aliphatic heterocycles. The van der Waals surface area contributed by atoms with Crippen LogP contribution >= 0.6 is 0 Å². The van der Waals surface area contributed by atoms with Crippen molar-refractivity contribution < 1.29 is 0 Å². The summed E-state index contributed by atoms with van der Waals surface area (Å²) in [6.07, 6.45) is 9.55. The Morgan fingerprint density at radius 1 is 1.00 bits per heavy atom. The third-order valence-corrected chi connectivity index (χ3v) is 4.79. The second kappa shape index (κ2) is 1.97. The van der Waals surface area contributed by atoms with Gasteiger partial charge in [0.25, 0.3) is 0 Å². The minimum atomic E-state index is 0.607. The molecule has 0 heterocycles. The molecule has 3 aliphatic carbocycles. The molecule has 3 rings (SSSR count). The molecule has 3 aliphatic rings. The van der Waals surface area contributed by atoms with Gasteiger partial charge >= 0.3 is 0 Å². The van der Waals surface area contributed by atoms with Crippen LogP contribution in [-0.4, -0.2) is 0 Å². The Labute approximate surface area is 75.0 Å². The Morgan fingerprint density at radius 2 is 1.50 bits per heavy atom. The molecule has 0 heteroatoms. The van der Waals surface area contributed by atoms with Crippen LogP contribution < -0.4 is 0 Å². The summed E-state index contributed by atoms with van der Waals surface area (Å²) in [5.41, 5.74) is 0.607. The number of fused-ring (bicyclic) bond motifs is 5. The Hall–Kier alpha value is -0.260. The van der Waals surface area contributed by atoms with Gasteiger partial charge in [0.1, 0.15) is 0 Å². The molecule has 66 valence electrons. The monoisotopic (exact) mass is 162 g/mol. The van der Waals surface area contributed by atoms with Gasteiger partial charge in [0.15, 0.2) is 0 Å². The van der Waals surface area contributed by atoms with E-state index in [4.69, 9.17) is 0 Å². The Bertz CT molecular complexity index is 214. The third kappa shape index (κ3) is 0.616. The molecule has 0 aromatic carbocycles. The van der Waals surface area contributed by atoms with Gasteiger partial charge in [-0.25, -0.2) is 0 Å².